The molecular weight excluding hydrogens is 280 g/mol. The predicted octanol–water partition coefficient (Wildman–Crippen LogP) is 1.11. The molecule has 0 radical (unpaired) electrons. The Balaban J connectivity index is 2.06. The number of carboxylic acid groups (broad SMARTS) is 1. The van der Waals surface area contributed by atoms with Gasteiger partial charge in [-0.2, -0.15) is 11.8 Å². The van der Waals surface area contributed by atoms with E-state index < -0.39 is 5.97 Å². The van der Waals surface area contributed by atoms with Crippen molar-refractivity contribution in [2.45, 2.75) is 38.5 Å². The average molecular weight is 302 g/mol. The minimum atomic E-state index is -0.848. The first-order valence-corrected chi connectivity index (χ1v) is 8.13. The van der Waals surface area contributed by atoms with Gasteiger partial charge < -0.3 is 19.6 Å². The van der Waals surface area contributed by atoms with E-state index in [1.165, 1.54) is 0 Å². The van der Waals surface area contributed by atoms with Crippen molar-refractivity contribution in [3.63, 3.8) is 0 Å². The van der Waals surface area contributed by atoms with Gasteiger partial charge in [-0.25, -0.2) is 4.79 Å². The molecule has 0 bridgehead atoms. The number of nitrogens with zero attached hydrogens (tertiary/aromatic N) is 2. The fourth-order valence-corrected chi connectivity index (χ4v) is 3.67. The average Bonchev–Trinajstić information content (AvgIpc) is 2.41. The maximum absolute atomic E-state index is 12.7. The Bertz CT molecular complexity index is 379. The summed E-state index contributed by atoms with van der Waals surface area (Å²) in [6, 6.07) is -0.206. The largest absolute Gasteiger partial charge is 0.481 e. The molecule has 2 heterocycles. The molecule has 7 heteroatoms. The highest BCUT2D eigenvalue weighted by atomic mass is 32.2. The smallest absolute Gasteiger partial charge is 0.320 e. The fraction of sp³-hybridized carbons (Fsp3) is 0.846. The van der Waals surface area contributed by atoms with E-state index >= 15 is 0 Å². The lowest BCUT2D eigenvalue weighted by molar-refractivity contribution is -0.138. The van der Waals surface area contributed by atoms with Gasteiger partial charge in [-0.05, 0) is 13.8 Å². The number of carbonyl (C=O) groups excluding carboxylic acids is 1. The molecule has 2 aliphatic heterocycles. The minimum Gasteiger partial charge on any atom is -0.481 e. The summed E-state index contributed by atoms with van der Waals surface area (Å²) in [5.74, 6) is 0.723. The van der Waals surface area contributed by atoms with E-state index in [1.54, 1.807) is 16.7 Å². The zero-order valence-electron chi connectivity index (χ0n) is 11.9. The van der Waals surface area contributed by atoms with Gasteiger partial charge in [0.2, 0.25) is 0 Å². The molecule has 3 unspecified atom stereocenters. The molecule has 0 aliphatic carbocycles. The maximum atomic E-state index is 12.7. The summed E-state index contributed by atoms with van der Waals surface area (Å²) >= 11 is 1.71. The second-order valence-electron chi connectivity index (χ2n) is 5.45. The molecule has 2 rings (SSSR count). The van der Waals surface area contributed by atoms with Gasteiger partial charge >= 0.3 is 12.0 Å². The molecule has 2 saturated heterocycles. The first-order valence-electron chi connectivity index (χ1n) is 6.97. The van der Waals surface area contributed by atoms with Crippen LogP contribution < -0.4 is 0 Å². The van der Waals surface area contributed by atoms with Crippen molar-refractivity contribution in [3.8, 4) is 0 Å². The standard InChI is InChI=1S/C13H22N2O4S/c1-9-7-19-10(2)6-15(9)13(18)14-3-4-20-8-11(14)5-12(16)17/h9-11H,3-8H2,1-2H3,(H,16,17). The van der Waals surface area contributed by atoms with Gasteiger partial charge in [0.05, 0.1) is 31.2 Å². The Kier molecular flexibility index (Phi) is 5.15. The summed E-state index contributed by atoms with van der Waals surface area (Å²) in [6.45, 7) is 5.66. The number of urea groups is 1. The van der Waals surface area contributed by atoms with Crippen LogP contribution in [0.15, 0.2) is 0 Å². The van der Waals surface area contributed by atoms with Crippen LogP contribution in [0, 0.1) is 0 Å². The summed E-state index contributed by atoms with van der Waals surface area (Å²) in [4.78, 5) is 27.2. The predicted molar refractivity (Wildman–Crippen MR) is 77.0 cm³/mol. The Hall–Kier alpha value is -0.950. The van der Waals surface area contributed by atoms with Crippen molar-refractivity contribution >= 4 is 23.8 Å². The number of amides is 2. The van der Waals surface area contributed by atoms with E-state index in [-0.39, 0.29) is 30.6 Å². The minimum absolute atomic E-state index is 0.0208. The monoisotopic (exact) mass is 302 g/mol. The number of hydrogen-bond donors (Lipinski definition) is 1. The summed E-state index contributed by atoms with van der Waals surface area (Å²) in [5, 5.41) is 8.99. The molecule has 0 spiro atoms. The molecule has 6 nitrogen and oxygen atoms in total. The summed E-state index contributed by atoms with van der Waals surface area (Å²) in [5.41, 5.74) is 0. The Morgan fingerprint density at radius 1 is 1.35 bits per heavy atom. The van der Waals surface area contributed by atoms with Crippen LogP contribution in [-0.4, -0.2) is 76.3 Å². The van der Waals surface area contributed by atoms with E-state index in [0.717, 1.165) is 5.75 Å². The maximum Gasteiger partial charge on any atom is 0.320 e. The van der Waals surface area contributed by atoms with Crippen LogP contribution in [0.1, 0.15) is 20.3 Å². The Morgan fingerprint density at radius 3 is 2.80 bits per heavy atom. The van der Waals surface area contributed by atoms with Crippen LogP contribution in [0.4, 0.5) is 4.79 Å². The van der Waals surface area contributed by atoms with Gasteiger partial charge in [-0.1, -0.05) is 0 Å². The quantitative estimate of drug-likeness (QED) is 0.827. The molecule has 2 amide bonds. The molecule has 3 atom stereocenters. The first kappa shape index (κ1) is 15.4. The number of rotatable bonds is 2. The van der Waals surface area contributed by atoms with Gasteiger partial charge in [-0.15, -0.1) is 0 Å². The van der Waals surface area contributed by atoms with Gasteiger partial charge in [0.15, 0.2) is 0 Å². The zero-order chi connectivity index (χ0) is 14.7. The highest BCUT2D eigenvalue weighted by Gasteiger charge is 2.35. The molecule has 0 aromatic heterocycles. The molecule has 114 valence electrons. The second kappa shape index (κ2) is 6.67. The van der Waals surface area contributed by atoms with Crippen molar-refractivity contribution in [1.29, 1.82) is 0 Å². The summed E-state index contributed by atoms with van der Waals surface area (Å²) in [6.07, 6.45) is 0.0553. The summed E-state index contributed by atoms with van der Waals surface area (Å²) in [7, 11) is 0. The van der Waals surface area contributed by atoms with Crippen molar-refractivity contribution in [1.82, 2.24) is 9.80 Å². The van der Waals surface area contributed by atoms with Crippen molar-refractivity contribution in [2.75, 3.05) is 31.2 Å². The molecule has 0 aromatic carbocycles. The lowest BCUT2D eigenvalue weighted by Crippen LogP contribution is -2.58. The Labute approximate surface area is 123 Å². The topological polar surface area (TPSA) is 70.1 Å². The molecule has 0 aromatic rings. The SMILES string of the molecule is CC1CN(C(=O)N2CCSCC2CC(=O)O)C(C)CO1. The van der Waals surface area contributed by atoms with Crippen LogP contribution in [0.2, 0.25) is 0 Å². The number of aliphatic carboxylic acids is 1. The van der Waals surface area contributed by atoms with Gasteiger partial charge in [0.25, 0.3) is 0 Å². The van der Waals surface area contributed by atoms with Gasteiger partial charge in [0, 0.05) is 24.6 Å². The van der Waals surface area contributed by atoms with E-state index in [1.807, 2.05) is 18.7 Å². The lowest BCUT2D eigenvalue weighted by Gasteiger charge is -2.43. The third-order valence-electron chi connectivity index (χ3n) is 3.74. The number of morpholine rings is 1. The normalized spacial score (nSPS) is 31.2. The molecule has 1 N–H and O–H groups in total. The van der Waals surface area contributed by atoms with Gasteiger partial charge in [0.1, 0.15) is 0 Å². The molecule has 2 fully saturated rings. The Morgan fingerprint density at radius 2 is 2.10 bits per heavy atom. The summed E-state index contributed by atoms with van der Waals surface area (Å²) < 4.78 is 5.54. The third-order valence-corrected chi connectivity index (χ3v) is 4.83. The van der Waals surface area contributed by atoms with Crippen molar-refractivity contribution in [3.05, 3.63) is 0 Å². The molecular formula is C13H22N2O4S. The lowest BCUT2D eigenvalue weighted by atomic mass is 10.1. The van der Waals surface area contributed by atoms with Crippen LogP contribution in [0.25, 0.3) is 0 Å². The number of ether oxygens (including phenoxy) is 1. The third kappa shape index (κ3) is 3.58. The molecule has 2 aliphatic rings. The van der Waals surface area contributed by atoms with Crippen molar-refractivity contribution in [2.24, 2.45) is 0 Å². The van der Waals surface area contributed by atoms with Crippen LogP contribution in [0.3, 0.4) is 0 Å². The van der Waals surface area contributed by atoms with Crippen LogP contribution in [0.5, 0.6) is 0 Å². The molecule has 0 saturated carbocycles. The fourth-order valence-electron chi connectivity index (χ4n) is 2.61. The zero-order valence-corrected chi connectivity index (χ0v) is 12.8. The number of carbonyl (C=O) groups is 2. The van der Waals surface area contributed by atoms with E-state index in [0.29, 0.717) is 25.4 Å². The van der Waals surface area contributed by atoms with Crippen LogP contribution in [-0.2, 0) is 9.53 Å². The van der Waals surface area contributed by atoms with E-state index in [9.17, 15) is 9.59 Å². The van der Waals surface area contributed by atoms with Gasteiger partial charge in [-0.3, -0.25) is 4.79 Å². The highest BCUT2D eigenvalue weighted by molar-refractivity contribution is 7.99. The van der Waals surface area contributed by atoms with E-state index in [2.05, 4.69) is 0 Å². The number of carboxylic acids is 1. The van der Waals surface area contributed by atoms with E-state index in [4.69, 9.17) is 9.84 Å². The first-order chi connectivity index (χ1) is 9.49. The number of hydrogen-bond acceptors (Lipinski definition) is 4. The second-order valence-corrected chi connectivity index (χ2v) is 6.60. The highest BCUT2D eigenvalue weighted by Crippen LogP contribution is 2.22. The molecule has 20 heavy (non-hydrogen) atoms. The van der Waals surface area contributed by atoms with Crippen LogP contribution >= 0.6 is 11.8 Å². The van der Waals surface area contributed by atoms with Crippen molar-refractivity contribution < 1.29 is 19.4 Å². The number of thioether (sulfide) groups is 1.